The number of rotatable bonds is 1. The molecule has 0 amide bonds. The van der Waals surface area contributed by atoms with Crippen LogP contribution < -0.4 is 5.73 Å². The summed E-state index contributed by atoms with van der Waals surface area (Å²) in [5, 5.41) is 0. The highest BCUT2D eigenvalue weighted by Crippen LogP contribution is 2.35. The standard InChI is InChI=1S/C7H15N.ClH/c1-7(6-8)4-2-3-5-7;/h2-6,8H2,1H3;1H. The quantitative estimate of drug-likeness (QED) is 0.606. The third kappa shape index (κ3) is 2.15. The van der Waals surface area contributed by atoms with Gasteiger partial charge in [-0.2, -0.15) is 0 Å². The van der Waals surface area contributed by atoms with E-state index in [1.165, 1.54) is 25.7 Å². The number of hydrogen-bond donors (Lipinski definition) is 1. The van der Waals surface area contributed by atoms with Crippen LogP contribution in [0.3, 0.4) is 0 Å². The van der Waals surface area contributed by atoms with Crippen LogP contribution >= 0.6 is 12.4 Å². The molecule has 0 unspecified atom stereocenters. The van der Waals surface area contributed by atoms with Crippen molar-refractivity contribution in [1.82, 2.24) is 0 Å². The highest BCUT2D eigenvalue weighted by Gasteiger charge is 2.26. The van der Waals surface area contributed by atoms with Crippen LogP contribution in [0.5, 0.6) is 0 Å². The summed E-state index contributed by atoms with van der Waals surface area (Å²) in [6.45, 7) is 3.17. The van der Waals surface area contributed by atoms with Crippen molar-refractivity contribution in [2.75, 3.05) is 6.54 Å². The smallest absolute Gasteiger partial charge is 0.00232 e. The second kappa shape index (κ2) is 3.43. The average molecular weight is 150 g/mol. The van der Waals surface area contributed by atoms with Gasteiger partial charge in [-0.15, -0.1) is 12.4 Å². The Kier molecular flexibility index (Phi) is 3.52. The van der Waals surface area contributed by atoms with Crippen molar-refractivity contribution in [3.63, 3.8) is 0 Å². The van der Waals surface area contributed by atoms with E-state index in [9.17, 15) is 0 Å². The Morgan fingerprint density at radius 1 is 1.33 bits per heavy atom. The van der Waals surface area contributed by atoms with Crippen molar-refractivity contribution >= 4 is 12.4 Å². The van der Waals surface area contributed by atoms with E-state index in [0.29, 0.717) is 5.41 Å². The first kappa shape index (κ1) is 9.25. The Labute approximate surface area is 63.4 Å². The molecule has 1 nitrogen and oxygen atoms in total. The van der Waals surface area contributed by atoms with Gasteiger partial charge in [0.15, 0.2) is 0 Å². The number of nitrogens with two attached hydrogens (primary N) is 1. The molecule has 0 aliphatic heterocycles. The largest absolute Gasteiger partial charge is 0.330 e. The summed E-state index contributed by atoms with van der Waals surface area (Å²) in [6, 6.07) is 0. The maximum absolute atomic E-state index is 5.57. The zero-order valence-corrected chi connectivity index (χ0v) is 6.84. The first-order valence-corrected chi connectivity index (χ1v) is 3.47. The molecule has 0 heterocycles. The minimum Gasteiger partial charge on any atom is -0.330 e. The molecule has 1 aliphatic carbocycles. The molecule has 2 N–H and O–H groups in total. The molecule has 0 saturated heterocycles. The highest BCUT2D eigenvalue weighted by molar-refractivity contribution is 5.85. The zero-order chi connectivity index (χ0) is 6.04. The minimum absolute atomic E-state index is 0. The maximum atomic E-state index is 5.57. The molecule has 1 rings (SSSR count). The highest BCUT2D eigenvalue weighted by atomic mass is 35.5. The van der Waals surface area contributed by atoms with Crippen LogP contribution in [0.25, 0.3) is 0 Å². The molecule has 0 aromatic heterocycles. The Morgan fingerprint density at radius 3 is 2.00 bits per heavy atom. The molecular formula is C7H16ClN. The molecule has 0 atom stereocenters. The Bertz CT molecular complexity index is 77.0. The first-order chi connectivity index (χ1) is 3.77. The summed E-state index contributed by atoms with van der Waals surface area (Å²) in [6.07, 6.45) is 5.49. The predicted octanol–water partition coefficient (Wildman–Crippen LogP) is 1.95. The molecule has 56 valence electrons. The number of halogens is 1. The van der Waals surface area contributed by atoms with Crippen LogP contribution in [0.2, 0.25) is 0 Å². The van der Waals surface area contributed by atoms with Crippen molar-refractivity contribution in [1.29, 1.82) is 0 Å². The molecule has 1 saturated carbocycles. The van der Waals surface area contributed by atoms with Crippen LogP contribution in [0.4, 0.5) is 0 Å². The molecular weight excluding hydrogens is 134 g/mol. The summed E-state index contributed by atoms with van der Waals surface area (Å²) < 4.78 is 0. The van der Waals surface area contributed by atoms with Gasteiger partial charge in [-0.05, 0) is 24.8 Å². The monoisotopic (exact) mass is 149 g/mol. The maximum Gasteiger partial charge on any atom is -0.00232 e. The third-order valence-electron chi connectivity index (χ3n) is 2.30. The van der Waals surface area contributed by atoms with Crippen molar-refractivity contribution in [3.8, 4) is 0 Å². The zero-order valence-electron chi connectivity index (χ0n) is 6.02. The van der Waals surface area contributed by atoms with E-state index in [-0.39, 0.29) is 12.4 Å². The topological polar surface area (TPSA) is 26.0 Å². The van der Waals surface area contributed by atoms with Crippen LogP contribution in [-0.4, -0.2) is 6.54 Å². The molecule has 0 spiro atoms. The lowest BCUT2D eigenvalue weighted by Crippen LogP contribution is -2.22. The van der Waals surface area contributed by atoms with E-state index < -0.39 is 0 Å². The summed E-state index contributed by atoms with van der Waals surface area (Å²) in [5.74, 6) is 0. The fourth-order valence-electron chi connectivity index (χ4n) is 1.43. The summed E-state index contributed by atoms with van der Waals surface area (Å²) in [7, 11) is 0. The summed E-state index contributed by atoms with van der Waals surface area (Å²) >= 11 is 0. The lowest BCUT2D eigenvalue weighted by Gasteiger charge is -2.19. The van der Waals surface area contributed by atoms with Gasteiger partial charge in [0.1, 0.15) is 0 Å². The van der Waals surface area contributed by atoms with Crippen molar-refractivity contribution in [2.24, 2.45) is 11.1 Å². The minimum atomic E-state index is 0. The van der Waals surface area contributed by atoms with Crippen molar-refractivity contribution in [3.05, 3.63) is 0 Å². The van der Waals surface area contributed by atoms with Gasteiger partial charge in [0.2, 0.25) is 0 Å². The van der Waals surface area contributed by atoms with E-state index in [0.717, 1.165) is 6.54 Å². The SMILES string of the molecule is CC1(CN)CCCC1.Cl. The van der Waals surface area contributed by atoms with Gasteiger partial charge in [0.05, 0.1) is 0 Å². The van der Waals surface area contributed by atoms with Gasteiger partial charge >= 0.3 is 0 Å². The van der Waals surface area contributed by atoms with E-state index in [1.54, 1.807) is 0 Å². The molecule has 0 bridgehead atoms. The molecule has 9 heavy (non-hydrogen) atoms. The van der Waals surface area contributed by atoms with Crippen LogP contribution in [0.15, 0.2) is 0 Å². The van der Waals surface area contributed by atoms with Gasteiger partial charge in [-0.3, -0.25) is 0 Å². The van der Waals surface area contributed by atoms with Gasteiger partial charge in [0.25, 0.3) is 0 Å². The summed E-state index contributed by atoms with van der Waals surface area (Å²) in [5.41, 5.74) is 6.08. The molecule has 0 aromatic rings. The molecule has 0 radical (unpaired) electrons. The van der Waals surface area contributed by atoms with E-state index in [2.05, 4.69) is 6.92 Å². The van der Waals surface area contributed by atoms with Crippen LogP contribution in [-0.2, 0) is 0 Å². The lowest BCUT2D eigenvalue weighted by molar-refractivity contribution is 0.350. The van der Waals surface area contributed by atoms with E-state index >= 15 is 0 Å². The fraction of sp³-hybridized carbons (Fsp3) is 1.00. The normalized spacial score (nSPS) is 23.3. The van der Waals surface area contributed by atoms with Gasteiger partial charge < -0.3 is 5.73 Å². The average Bonchev–Trinajstić information content (AvgIpc) is 2.17. The molecule has 2 heteroatoms. The van der Waals surface area contributed by atoms with E-state index in [4.69, 9.17) is 5.73 Å². The van der Waals surface area contributed by atoms with Gasteiger partial charge in [0, 0.05) is 0 Å². The molecule has 1 fully saturated rings. The Morgan fingerprint density at radius 2 is 1.78 bits per heavy atom. The second-order valence-corrected chi connectivity index (χ2v) is 3.22. The molecule has 0 aromatic carbocycles. The number of hydrogen-bond acceptors (Lipinski definition) is 1. The molecule has 1 aliphatic rings. The van der Waals surface area contributed by atoms with Crippen molar-refractivity contribution < 1.29 is 0 Å². The Balaban J connectivity index is 0.000000640. The van der Waals surface area contributed by atoms with Gasteiger partial charge in [-0.1, -0.05) is 19.8 Å². The first-order valence-electron chi connectivity index (χ1n) is 3.47. The van der Waals surface area contributed by atoms with Crippen LogP contribution in [0.1, 0.15) is 32.6 Å². The van der Waals surface area contributed by atoms with E-state index in [1.807, 2.05) is 0 Å². The second-order valence-electron chi connectivity index (χ2n) is 3.22. The summed E-state index contributed by atoms with van der Waals surface area (Å²) in [4.78, 5) is 0. The predicted molar refractivity (Wildman–Crippen MR) is 42.9 cm³/mol. The van der Waals surface area contributed by atoms with Crippen molar-refractivity contribution in [2.45, 2.75) is 32.6 Å². The fourth-order valence-corrected chi connectivity index (χ4v) is 1.43. The lowest BCUT2D eigenvalue weighted by atomic mass is 9.89. The van der Waals surface area contributed by atoms with Crippen LogP contribution in [0, 0.1) is 5.41 Å². The van der Waals surface area contributed by atoms with Gasteiger partial charge in [-0.25, -0.2) is 0 Å². The Hall–Kier alpha value is 0.250. The third-order valence-corrected chi connectivity index (χ3v) is 2.30.